The molecule has 0 N–H and O–H groups in total. The summed E-state index contributed by atoms with van der Waals surface area (Å²) >= 11 is 0. The molecule has 1 aromatic heterocycles. The van der Waals surface area contributed by atoms with Gasteiger partial charge in [-0.1, -0.05) is 30.3 Å². The SMILES string of the molecule is N#C/C(=C\c1ccc(N2CCCCC2)o1)C(=O)c1ccccc1. The molecule has 3 rings (SSSR count). The van der Waals surface area contributed by atoms with Crippen molar-refractivity contribution in [2.24, 2.45) is 0 Å². The Morgan fingerprint density at radius 1 is 1.09 bits per heavy atom. The molecule has 2 heterocycles. The van der Waals surface area contributed by atoms with Crippen LogP contribution < -0.4 is 4.90 Å². The van der Waals surface area contributed by atoms with E-state index in [1.807, 2.05) is 18.2 Å². The van der Waals surface area contributed by atoms with Gasteiger partial charge in [-0.3, -0.25) is 4.79 Å². The van der Waals surface area contributed by atoms with Crippen molar-refractivity contribution in [3.8, 4) is 6.07 Å². The fourth-order valence-electron chi connectivity index (χ4n) is 2.74. The first-order valence-corrected chi connectivity index (χ1v) is 7.84. The Bertz CT molecular complexity index is 747. The van der Waals surface area contributed by atoms with Crippen LogP contribution in [0.4, 0.5) is 5.88 Å². The average molecular weight is 306 g/mol. The summed E-state index contributed by atoms with van der Waals surface area (Å²) in [6.07, 6.45) is 5.11. The Morgan fingerprint density at radius 3 is 2.52 bits per heavy atom. The van der Waals surface area contributed by atoms with Crippen molar-refractivity contribution in [1.82, 2.24) is 0 Å². The normalized spacial score (nSPS) is 15.3. The number of benzene rings is 1. The van der Waals surface area contributed by atoms with E-state index >= 15 is 0 Å². The third-order valence-electron chi connectivity index (χ3n) is 3.97. The molecule has 2 aromatic rings. The van der Waals surface area contributed by atoms with Crippen LogP contribution in [0.5, 0.6) is 0 Å². The van der Waals surface area contributed by atoms with Crippen molar-refractivity contribution >= 4 is 17.7 Å². The van der Waals surface area contributed by atoms with E-state index in [0.29, 0.717) is 11.3 Å². The van der Waals surface area contributed by atoms with Gasteiger partial charge in [0.2, 0.25) is 5.78 Å². The molecule has 0 aliphatic carbocycles. The molecule has 1 aromatic carbocycles. The molecular weight excluding hydrogens is 288 g/mol. The van der Waals surface area contributed by atoms with Crippen molar-refractivity contribution in [2.75, 3.05) is 18.0 Å². The Hall–Kier alpha value is -2.80. The molecule has 116 valence electrons. The maximum atomic E-state index is 12.3. The van der Waals surface area contributed by atoms with Crippen LogP contribution in [0.3, 0.4) is 0 Å². The van der Waals surface area contributed by atoms with E-state index < -0.39 is 0 Å². The molecule has 23 heavy (non-hydrogen) atoms. The second-order valence-electron chi connectivity index (χ2n) is 5.59. The highest BCUT2D eigenvalue weighted by molar-refractivity contribution is 6.13. The van der Waals surface area contributed by atoms with Crippen LogP contribution in [-0.4, -0.2) is 18.9 Å². The van der Waals surface area contributed by atoms with Gasteiger partial charge in [0.15, 0.2) is 5.88 Å². The van der Waals surface area contributed by atoms with Crippen LogP contribution in [0, 0.1) is 11.3 Å². The van der Waals surface area contributed by atoms with Gasteiger partial charge in [-0.15, -0.1) is 0 Å². The minimum absolute atomic E-state index is 0.0794. The van der Waals surface area contributed by atoms with Crippen LogP contribution in [0.2, 0.25) is 0 Å². The van der Waals surface area contributed by atoms with Gasteiger partial charge in [0.1, 0.15) is 17.4 Å². The average Bonchev–Trinajstić information content (AvgIpc) is 3.09. The van der Waals surface area contributed by atoms with Crippen LogP contribution in [0.25, 0.3) is 6.08 Å². The zero-order valence-corrected chi connectivity index (χ0v) is 12.9. The summed E-state index contributed by atoms with van der Waals surface area (Å²) in [5, 5.41) is 9.28. The maximum absolute atomic E-state index is 12.3. The fourth-order valence-corrected chi connectivity index (χ4v) is 2.74. The summed E-state index contributed by atoms with van der Waals surface area (Å²) in [4.78, 5) is 14.5. The molecule has 1 saturated heterocycles. The van der Waals surface area contributed by atoms with Crippen LogP contribution >= 0.6 is 0 Å². The zero-order valence-electron chi connectivity index (χ0n) is 12.9. The summed E-state index contributed by atoms with van der Waals surface area (Å²) in [6, 6.07) is 14.5. The monoisotopic (exact) mass is 306 g/mol. The van der Waals surface area contributed by atoms with Crippen LogP contribution in [0.1, 0.15) is 35.4 Å². The van der Waals surface area contributed by atoms with E-state index in [4.69, 9.17) is 4.42 Å². The lowest BCUT2D eigenvalue weighted by Crippen LogP contribution is -2.28. The lowest BCUT2D eigenvalue weighted by atomic mass is 10.0. The molecule has 1 fully saturated rings. The summed E-state index contributed by atoms with van der Waals surface area (Å²) in [5.74, 6) is 1.05. The number of carbonyl (C=O) groups excluding carboxylic acids is 1. The van der Waals surface area contributed by atoms with E-state index in [1.54, 1.807) is 30.3 Å². The molecule has 0 radical (unpaired) electrons. The number of Topliss-reactive ketones (excluding diaryl/α,β-unsaturated/α-hetero) is 1. The van der Waals surface area contributed by atoms with Gasteiger partial charge in [-0.25, -0.2) is 0 Å². The number of hydrogen-bond donors (Lipinski definition) is 0. The highest BCUT2D eigenvalue weighted by atomic mass is 16.4. The summed E-state index contributed by atoms with van der Waals surface area (Å²) in [7, 11) is 0. The van der Waals surface area contributed by atoms with Crippen molar-refractivity contribution in [3.05, 3.63) is 59.4 Å². The Kier molecular flexibility index (Phi) is 4.58. The van der Waals surface area contributed by atoms with E-state index in [9.17, 15) is 10.1 Å². The third-order valence-corrected chi connectivity index (χ3v) is 3.97. The Morgan fingerprint density at radius 2 is 1.83 bits per heavy atom. The van der Waals surface area contributed by atoms with Crippen molar-refractivity contribution in [3.63, 3.8) is 0 Å². The number of allylic oxidation sites excluding steroid dienone is 1. The number of carbonyl (C=O) groups is 1. The molecule has 1 aliphatic heterocycles. The van der Waals surface area contributed by atoms with E-state index in [0.717, 1.165) is 19.0 Å². The quantitative estimate of drug-likeness (QED) is 0.485. The van der Waals surface area contributed by atoms with E-state index in [1.165, 1.54) is 25.3 Å². The first kappa shape index (κ1) is 15.1. The van der Waals surface area contributed by atoms with Gasteiger partial charge in [-0.2, -0.15) is 5.26 Å². The van der Waals surface area contributed by atoms with E-state index in [-0.39, 0.29) is 11.4 Å². The Balaban J connectivity index is 1.80. The standard InChI is InChI=1S/C19H18N2O2/c20-14-16(19(22)15-7-3-1-4-8-15)13-17-9-10-18(23-17)21-11-5-2-6-12-21/h1,3-4,7-10,13H,2,5-6,11-12H2/b16-13+. The molecular formula is C19H18N2O2. The second-order valence-corrected chi connectivity index (χ2v) is 5.59. The van der Waals surface area contributed by atoms with Crippen LogP contribution in [0.15, 0.2) is 52.5 Å². The summed E-state index contributed by atoms with van der Waals surface area (Å²) in [6.45, 7) is 1.98. The van der Waals surface area contributed by atoms with Gasteiger partial charge >= 0.3 is 0 Å². The molecule has 1 aliphatic rings. The second kappa shape index (κ2) is 6.97. The predicted octanol–water partition coefficient (Wildman–Crippen LogP) is 4.06. The van der Waals surface area contributed by atoms with Crippen molar-refractivity contribution in [1.29, 1.82) is 5.26 Å². The van der Waals surface area contributed by atoms with Crippen LogP contribution in [-0.2, 0) is 0 Å². The van der Waals surface area contributed by atoms with Gasteiger partial charge in [0, 0.05) is 30.8 Å². The number of rotatable bonds is 4. The molecule has 0 unspecified atom stereocenters. The van der Waals surface area contributed by atoms with Gasteiger partial charge in [0.05, 0.1) is 0 Å². The van der Waals surface area contributed by atoms with Crippen molar-refractivity contribution in [2.45, 2.75) is 19.3 Å². The zero-order chi connectivity index (χ0) is 16.1. The number of furan rings is 1. The number of hydrogen-bond acceptors (Lipinski definition) is 4. The summed E-state index contributed by atoms with van der Waals surface area (Å²) in [5.41, 5.74) is 0.582. The predicted molar refractivity (Wildman–Crippen MR) is 89.1 cm³/mol. The first-order chi connectivity index (χ1) is 11.3. The molecule has 0 bridgehead atoms. The highest BCUT2D eigenvalue weighted by Crippen LogP contribution is 2.24. The van der Waals surface area contributed by atoms with Gasteiger partial charge < -0.3 is 9.32 Å². The largest absolute Gasteiger partial charge is 0.441 e. The molecule has 0 saturated carbocycles. The number of piperidine rings is 1. The van der Waals surface area contributed by atoms with E-state index in [2.05, 4.69) is 4.90 Å². The summed E-state index contributed by atoms with van der Waals surface area (Å²) < 4.78 is 5.79. The molecule has 0 atom stereocenters. The smallest absolute Gasteiger partial charge is 0.203 e. The fraction of sp³-hybridized carbons (Fsp3) is 0.263. The number of nitrogens with zero attached hydrogens (tertiary/aromatic N) is 2. The van der Waals surface area contributed by atoms with Gasteiger partial charge in [-0.05, 0) is 25.3 Å². The lowest BCUT2D eigenvalue weighted by molar-refractivity contribution is 0.104. The minimum Gasteiger partial charge on any atom is -0.441 e. The minimum atomic E-state index is -0.288. The topological polar surface area (TPSA) is 57.2 Å². The lowest BCUT2D eigenvalue weighted by Gasteiger charge is -2.25. The molecule has 4 nitrogen and oxygen atoms in total. The number of anilines is 1. The van der Waals surface area contributed by atoms with Gasteiger partial charge in [0.25, 0.3) is 0 Å². The Labute approximate surface area is 135 Å². The maximum Gasteiger partial charge on any atom is 0.203 e. The number of nitriles is 1. The highest BCUT2D eigenvalue weighted by Gasteiger charge is 2.16. The van der Waals surface area contributed by atoms with Crippen molar-refractivity contribution < 1.29 is 9.21 Å². The molecule has 4 heteroatoms. The molecule has 0 amide bonds. The first-order valence-electron chi connectivity index (χ1n) is 7.84. The molecule has 0 spiro atoms. The number of ketones is 1. The third kappa shape index (κ3) is 3.51.